The number of hydrogen-bond donors (Lipinski definition) is 1. The van der Waals surface area contributed by atoms with Gasteiger partial charge in [-0.05, 0) is 24.3 Å². The molecule has 1 aromatic rings. The van der Waals surface area contributed by atoms with E-state index in [0.29, 0.717) is 6.42 Å². The number of quaternary nitrogens is 1. The van der Waals surface area contributed by atoms with Crippen molar-refractivity contribution >= 4 is 17.5 Å². The number of Topliss-reactive ketones (excluding diaryl/α,β-unsaturated/α-hetero) is 1. The van der Waals surface area contributed by atoms with Crippen molar-refractivity contribution in [1.82, 2.24) is 0 Å². The van der Waals surface area contributed by atoms with Gasteiger partial charge >= 0.3 is 0 Å². The summed E-state index contributed by atoms with van der Waals surface area (Å²) in [6, 6.07) is 8.00. The maximum atomic E-state index is 11.9. The van der Waals surface area contributed by atoms with Gasteiger partial charge in [-0.15, -0.1) is 11.8 Å². The van der Waals surface area contributed by atoms with Crippen LogP contribution in [0.3, 0.4) is 0 Å². The Hall–Kier alpha value is -0.800. The summed E-state index contributed by atoms with van der Waals surface area (Å²) in [7, 11) is 4.13. The molecule has 0 bridgehead atoms. The third-order valence-corrected chi connectivity index (χ3v) is 3.72. The molecule has 0 aliphatic carbocycles. The van der Waals surface area contributed by atoms with Crippen LogP contribution in [-0.4, -0.2) is 32.2 Å². The Labute approximate surface area is 108 Å². The van der Waals surface area contributed by atoms with E-state index in [1.165, 1.54) is 16.2 Å². The fraction of sp³-hybridized carbons (Fsp3) is 0.500. The molecule has 3 heteroatoms. The molecule has 0 aliphatic rings. The maximum Gasteiger partial charge on any atom is 0.168 e. The lowest BCUT2D eigenvalue weighted by molar-refractivity contribution is -0.857. The first kappa shape index (κ1) is 14.3. The minimum atomic E-state index is 0.248. The zero-order chi connectivity index (χ0) is 12.7. The zero-order valence-corrected chi connectivity index (χ0v) is 11.8. The summed E-state index contributed by atoms with van der Waals surface area (Å²) in [4.78, 5) is 14.4. The fourth-order valence-electron chi connectivity index (χ4n) is 1.46. The second kappa shape index (κ2) is 7.51. The molecule has 1 rings (SSSR count). The number of ketones is 1. The number of nitrogens with one attached hydrogen (secondary N) is 1. The Morgan fingerprint density at radius 2 is 1.88 bits per heavy atom. The van der Waals surface area contributed by atoms with Gasteiger partial charge in [0.05, 0.1) is 27.1 Å². The van der Waals surface area contributed by atoms with Gasteiger partial charge < -0.3 is 4.90 Å². The number of thioether (sulfide) groups is 1. The fourth-order valence-corrected chi connectivity index (χ4v) is 2.23. The summed E-state index contributed by atoms with van der Waals surface area (Å²) < 4.78 is 0. The molecule has 0 aliphatic heterocycles. The molecule has 0 spiro atoms. The first-order valence-corrected chi connectivity index (χ1v) is 7.17. The lowest BCUT2D eigenvalue weighted by Gasteiger charge is -2.06. The van der Waals surface area contributed by atoms with Crippen molar-refractivity contribution in [3.63, 3.8) is 0 Å². The third-order valence-electron chi connectivity index (χ3n) is 2.50. The molecule has 0 amide bonds. The van der Waals surface area contributed by atoms with Crippen LogP contribution in [0.2, 0.25) is 0 Å². The average molecular weight is 252 g/mol. The van der Waals surface area contributed by atoms with E-state index in [1.807, 2.05) is 23.9 Å². The Balaban J connectivity index is 2.51. The van der Waals surface area contributed by atoms with Gasteiger partial charge in [-0.2, -0.15) is 0 Å². The molecule has 0 aromatic heterocycles. The first-order chi connectivity index (χ1) is 8.13. The highest BCUT2D eigenvalue weighted by molar-refractivity contribution is 7.99. The quantitative estimate of drug-likeness (QED) is 0.591. The molecule has 1 N–H and O–H groups in total. The van der Waals surface area contributed by atoms with Gasteiger partial charge in [0.1, 0.15) is 0 Å². The third kappa shape index (κ3) is 5.37. The minimum Gasteiger partial charge on any atom is -0.339 e. The number of rotatable bonds is 7. The number of benzene rings is 1. The molecule has 0 saturated carbocycles. The van der Waals surface area contributed by atoms with E-state index in [4.69, 9.17) is 0 Å². The molecular formula is C14H22NOS+. The molecule has 94 valence electrons. The summed E-state index contributed by atoms with van der Waals surface area (Å²) >= 11 is 1.84. The van der Waals surface area contributed by atoms with Crippen LogP contribution in [0, 0.1) is 0 Å². The smallest absolute Gasteiger partial charge is 0.168 e. The Morgan fingerprint density at radius 3 is 2.41 bits per heavy atom. The van der Waals surface area contributed by atoms with Crippen LogP contribution in [0.25, 0.3) is 0 Å². The summed E-state index contributed by atoms with van der Waals surface area (Å²) in [5, 5.41) is 0. The van der Waals surface area contributed by atoms with Crippen LogP contribution in [0.4, 0.5) is 0 Å². The standard InChI is InChI=1S/C14H21NOS/c1-4-11-17-13-7-5-12(6-8-13)14(16)9-10-15(2)3/h5-8H,4,9-11H2,1-3H3/p+1. The molecule has 0 atom stereocenters. The van der Waals surface area contributed by atoms with Gasteiger partial charge in [0.25, 0.3) is 0 Å². The van der Waals surface area contributed by atoms with Crippen molar-refractivity contribution in [2.75, 3.05) is 26.4 Å². The van der Waals surface area contributed by atoms with Crippen LogP contribution >= 0.6 is 11.8 Å². The van der Waals surface area contributed by atoms with Crippen molar-refractivity contribution in [2.45, 2.75) is 24.7 Å². The lowest BCUT2D eigenvalue weighted by Crippen LogP contribution is -3.05. The van der Waals surface area contributed by atoms with Crippen LogP contribution in [0.5, 0.6) is 0 Å². The van der Waals surface area contributed by atoms with E-state index in [-0.39, 0.29) is 5.78 Å². The SMILES string of the molecule is CCCSc1ccc(C(=O)CC[NH+](C)C)cc1. The number of hydrogen-bond acceptors (Lipinski definition) is 2. The summed E-state index contributed by atoms with van der Waals surface area (Å²) in [5.74, 6) is 1.38. The van der Waals surface area contributed by atoms with Crippen LogP contribution in [0.15, 0.2) is 29.2 Å². The molecular weight excluding hydrogens is 230 g/mol. The van der Waals surface area contributed by atoms with Crippen LogP contribution in [0.1, 0.15) is 30.1 Å². The molecule has 0 radical (unpaired) electrons. The van der Waals surface area contributed by atoms with E-state index < -0.39 is 0 Å². The number of carbonyl (C=O) groups excluding carboxylic acids is 1. The Morgan fingerprint density at radius 1 is 1.24 bits per heavy atom. The Kier molecular flexibility index (Phi) is 6.30. The number of carbonyl (C=O) groups is 1. The highest BCUT2D eigenvalue weighted by atomic mass is 32.2. The van der Waals surface area contributed by atoms with Gasteiger partial charge in [0, 0.05) is 10.5 Å². The molecule has 2 nitrogen and oxygen atoms in total. The van der Waals surface area contributed by atoms with E-state index in [0.717, 1.165) is 17.9 Å². The zero-order valence-electron chi connectivity index (χ0n) is 11.0. The first-order valence-electron chi connectivity index (χ1n) is 6.18. The molecule has 0 unspecified atom stereocenters. The summed E-state index contributed by atoms with van der Waals surface area (Å²) in [6.45, 7) is 3.07. The molecule has 17 heavy (non-hydrogen) atoms. The van der Waals surface area contributed by atoms with Crippen molar-refractivity contribution in [2.24, 2.45) is 0 Å². The van der Waals surface area contributed by atoms with Crippen molar-refractivity contribution < 1.29 is 9.69 Å². The predicted molar refractivity (Wildman–Crippen MR) is 74.1 cm³/mol. The largest absolute Gasteiger partial charge is 0.339 e. The molecule has 0 saturated heterocycles. The monoisotopic (exact) mass is 252 g/mol. The van der Waals surface area contributed by atoms with Crippen molar-refractivity contribution in [3.05, 3.63) is 29.8 Å². The van der Waals surface area contributed by atoms with E-state index in [2.05, 4.69) is 33.2 Å². The summed E-state index contributed by atoms with van der Waals surface area (Å²) in [6.07, 6.45) is 1.81. The van der Waals surface area contributed by atoms with Crippen LogP contribution < -0.4 is 4.90 Å². The van der Waals surface area contributed by atoms with E-state index in [9.17, 15) is 4.79 Å². The van der Waals surface area contributed by atoms with Gasteiger partial charge in [0.2, 0.25) is 0 Å². The van der Waals surface area contributed by atoms with Crippen LogP contribution in [-0.2, 0) is 0 Å². The van der Waals surface area contributed by atoms with Crippen molar-refractivity contribution in [1.29, 1.82) is 0 Å². The van der Waals surface area contributed by atoms with Gasteiger partial charge in [-0.3, -0.25) is 4.79 Å². The molecule has 1 aromatic carbocycles. The normalized spacial score (nSPS) is 10.8. The van der Waals surface area contributed by atoms with E-state index in [1.54, 1.807) is 0 Å². The molecule has 0 heterocycles. The van der Waals surface area contributed by atoms with Gasteiger partial charge in [-0.1, -0.05) is 19.1 Å². The predicted octanol–water partition coefficient (Wildman–Crippen LogP) is 1.91. The van der Waals surface area contributed by atoms with Gasteiger partial charge in [0.15, 0.2) is 5.78 Å². The second-order valence-electron chi connectivity index (χ2n) is 4.50. The van der Waals surface area contributed by atoms with Crippen molar-refractivity contribution in [3.8, 4) is 0 Å². The minimum absolute atomic E-state index is 0.248. The van der Waals surface area contributed by atoms with Gasteiger partial charge in [-0.25, -0.2) is 0 Å². The average Bonchev–Trinajstić information content (AvgIpc) is 2.34. The topological polar surface area (TPSA) is 21.5 Å². The highest BCUT2D eigenvalue weighted by Gasteiger charge is 2.07. The van der Waals surface area contributed by atoms with E-state index >= 15 is 0 Å². The molecule has 0 fully saturated rings. The highest BCUT2D eigenvalue weighted by Crippen LogP contribution is 2.19. The maximum absolute atomic E-state index is 11.9. The second-order valence-corrected chi connectivity index (χ2v) is 5.67. The lowest BCUT2D eigenvalue weighted by atomic mass is 10.1. The summed E-state index contributed by atoms with van der Waals surface area (Å²) in [5.41, 5.74) is 0.840. The Bertz CT molecular complexity index is 346.